The van der Waals surface area contributed by atoms with Crippen LogP contribution in [0.4, 0.5) is 0 Å². The first kappa shape index (κ1) is 6.80. The van der Waals surface area contributed by atoms with Crippen molar-refractivity contribution < 1.29 is 0 Å². The highest BCUT2D eigenvalue weighted by Crippen LogP contribution is 2.18. The summed E-state index contributed by atoms with van der Waals surface area (Å²) in [5.74, 6) is 0.649. The van der Waals surface area contributed by atoms with Gasteiger partial charge < -0.3 is 5.32 Å². The van der Waals surface area contributed by atoms with E-state index in [2.05, 4.69) is 22.4 Å². The average molecular weight is 148 g/mol. The van der Waals surface area contributed by atoms with E-state index in [1.54, 1.807) is 0 Å². The van der Waals surface area contributed by atoms with Gasteiger partial charge in [-0.05, 0) is 25.1 Å². The smallest absolute Gasteiger partial charge is 0.0447 e. The number of nitrogens with one attached hydrogen (secondary N) is 1. The molecule has 1 saturated heterocycles. The second-order valence-electron chi connectivity index (χ2n) is 2.94. The summed E-state index contributed by atoms with van der Waals surface area (Å²) in [6, 6.07) is 6.13. The number of aromatic nitrogens is 1. The molecule has 1 N–H and O–H groups in total. The fourth-order valence-corrected chi connectivity index (χ4v) is 1.52. The highest BCUT2D eigenvalue weighted by atomic mass is 14.9. The fraction of sp³-hybridized carbons (Fsp3) is 0.444. The molecule has 1 unspecified atom stereocenters. The molecule has 0 saturated carbocycles. The van der Waals surface area contributed by atoms with Crippen molar-refractivity contribution in [2.24, 2.45) is 0 Å². The van der Waals surface area contributed by atoms with Crippen molar-refractivity contribution in [2.75, 3.05) is 13.1 Å². The van der Waals surface area contributed by atoms with Crippen LogP contribution in [0, 0.1) is 0 Å². The molecule has 0 bridgehead atoms. The lowest BCUT2D eigenvalue weighted by Crippen LogP contribution is -2.08. The first-order chi connectivity index (χ1) is 5.47. The normalized spacial score (nSPS) is 23.8. The zero-order valence-electron chi connectivity index (χ0n) is 6.46. The minimum absolute atomic E-state index is 0.649. The Morgan fingerprint density at radius 2 is 2.45 bits per heavy atom. The SMILES string of the molecule is c1ccc(C2CCNC2)nc1. The topological polar surface area (TPSA) is 24.9 Å². The van der Waals surface area contributed by atoms with Gasteiger partial charge >= 0.3 is 0 Å². The van der Waals surface area contributed by atoms with Gasteiger partial charge in [-0.2, -0.15) is 0 Å². The summed E-state index contributed by atoms with van der Waals surface area (Å²) in [7, 11) is 0. The summed E-state index contributed by atoms with van der Waals surface area (Å²) >= 11 is 0. The maximum Gasteiger partial charge on any atom is 0.0447 e. The predicted molar refractivity (Wildman–Crippen MR) is 44.5 cm³/mol. The fourth-order valence-electron chi connectivity index (χ4n) is 1.52. The van der Waals surface area contributed by atoms with Crippen molar-refractivity contribution in [1.29, 1.82) is 0 Å². The van der Waals surface area contributed by atoms with Gasteiger partial charge in [0.1, 0.15) is 0 Å². The van der Waals surface area contributed by atoms with Crippen molar-refractivity contribution in [3.05, 3.63) is 30.1 Å². The average Bonchev–Trinajstić information content (AvgIpc) is 2.58. The molecule has 1 aliphatic heterocycles. The summed E-state index contributed by atoms with van der Waals surface area (Å²) in [5.41, 5.74) is 1.23. The summed E-state index contributed by atoms with van der Waals surface area (Å²) in [5, 5.41) is 3.33. The lowest BCUT2D eigenvalue weighted by atomic mass is 10.0. The van der Waals surface area contributed by atoms with E-state index in [9.17, 15) is 0 Å². The van der Waals surface area contributed by atoms with E-state index >= 15 is 0 Å². The van der Waals surface area contributed by atoms with Crippen LogP contribution in [0.3, 0.4) is 0 Å². The number of pyridine rings is 1. The van der Waals surface area contributed by atoms with Gasteiger partial charge in [-0.3, -0.25) is 4.98 Å². The monoisotopic (exact) mass is 148 g/mol. The molecule has 1 fully saturated rings. The molecule has 1 atom stereocenters. The Kier molecular flexibility index (Phi) is 1.86. The molecule has 1 aliphatic rings. The van der Waals surface area contributed by atoms with Crippen LogP contribution in [0.5, 0.6) is 0 Å². The van der Waals surface area contributed by atoms with Crippen LogP contribution in [0.1, 0.15) is 18.0 Å². The molecular formula is C9H12N2. The van der Waals surface area contributed by atoms with Crippen molar-refractivity contribution in [2.45, 2.75) is 12.3 Å². The summed E-state index contributed by atoms with van der Waals surface area (Å²) in [6.45, 7) is 2.23. The zero-order valence-corrected chi connectivity index (χ0v) is 6.46. The largest absolute Gasteiger partial charge is 0.316 e. The Hall–Kier alpha value is -0.890. The van der Waals surface area contributed by atoms with E-state index in [-0.39, 0.29) is 0 Å². The molecule has 0 spiro atoms. The van der Waals surface area contributed by atoms with Gasteiger partial charge in [0.2, 0.25) is 0 Å². The second-order valence-corrected chi connectivity index (χ2v) is 2.94. The van der Waals surface area contributed by atoms with Crippen molar-refractivity contribution in [1.82, 2.24) is 10.3 Å². The Labute approximate surface area is 66.7 Å². The van der Waals surface area contributed by atoms with E-state index in [1.807, 2.05) is 12.3 Å². The third-order valence-corrected chi connectivity index (χ3v) is 2.17. The molecule has 0 aromatic carbocycles. The third-order valence-electron chi connectivity index (χ3n) is 2.17. The predicted octanol–water partition coefficient (Wildman–Crippen LogP) is 1.16. The van der Waals surface area contributed by atoms with Crippen molar-refractivity contribution in [3.63, 3.8) is 0 Å². The number of rotatable bonds is 1. The second kappa shape index (κ2) is 3.01. The van der Waals surface area contributed by atoms with Crippen LogP contribution >= 0.6 is 0 Å². The first-order valence-electron chi connectivity index (χ1n) is 4.08. The number of nitrogens with zero attached hydrogens (tertiary/aromatic N) is 1. The van der Waals surface area contributed by atoms with Gasteiger partial charge in [0.05, 0.1) is 0 Å². The lowest BCUT2D eigenvalue weighted by molar-refractivity contribution is 0.735. The summed E-state index contributed by atoms with van der Waals surface area (Å²) in [4.78, 5) is 4.32. The molecule has 0 radical (unpaired) electrons. The van der Waals surface area contributed by atoms with E-state index in [0.29, 0.717) is 5.92 Å². The lowest BCUT2D eigenvalue weighted by Gasteiger charge is -2.05. The Balaban J connectivity index is 2.16. The van der Waals surface area contributed by atoms with Crippen molar-refractivity contribution >= 4 is 0 Å². The quantitative estimate of drug-likeness (QED) is 0.646. The molecule has 1 aromatic rings. The number of hydrogen-bond donors (Lipinski definition) is 1. The van der Waals surface area contributed by atoms with Gasteiger partial charge in [0.25, 0.3) is 0 Å². The Morgan fingerprint density at radius 3 is 3.09 bits per heavy atom. The molecule has 1 aromatic heterocycles. The minimum Gasteiger partial charge on any atom is -0.316 e. The molecule has 0 amide bonds. The summed E-state index contributed by atoms with van der Waals surface area (Å²) in [6.07, 6.45) is 3.10. The van der Waals surface area contributed by atoms with Crippen LogP contribution in [-0.4, -0.2) is 18.1 Å². The van der Waals surface area contributed by atoms with Crippen LogP contribution < -0.4 is 5.32 Å². The highest BCUT2D eigenvalue weighted by molar-refractivity contribution is 5.11. The standard InChI is InChI=1S/C9H12N2/c1-2-5-11-9(3-1)8-4-6-10-7-8/h1-3,5,8,10H,4,6-7H2. The van der Waals surface area contributed by atoms with Crippen molar-refractivity contribution in [3.8, 4) is 0 Å². The zero-order chi connectivity index (χ0) is 7.52. The van der Waals surface area contributed by atoms with Gasteiger partial charge in [-0.1, -0.05) is 6.07 Å². The van der Waals surface area contributed by atoms with E-state index in [1.165, 1.54) is 12.1 Å². The molecule has 11 heavy (non-hydrogen) atoms. The van der Waals surface area contributed by atoms with Crippen LogP contribution in [0.15, 0.2) is 24.4 Å². The molecule has 2 rings (SSSR count). The van der Waals surface area contributed by atoms with Gasteiger partial charge in [-0.15, -0.1) is 0 Å². The van der Waals surface area contributed by atoms with Crippen LogP contribution in [-0.2, 0) is 0 Å². The molecule has 0 aliphatic carbocycles. The molecular weight excluding hydrogens is 136 g/mol. The molecule has 2 nitrogen and oxygen atoms in total. The van der Waals surface area contributed by atoms with E-state index < -0.39 is 0 Å². The Morgan fingerprint density at radius 1 is 1.45 bits per heavy atom. The maximum atomic E-state index is 4.32. The van der Waals surface area contributed by atoms with Crippen LogP contribution in [0.25, 0.3) is 0 Å². The number of hydrogen-bond acceptors (Lipinski definition) is 2. The third kappa shape index (κ3) is 1.40. The molecule has 2 heteroatoms. The first-order valence-corrected chi connectivity index (χ1v) is 4.08. The highest BCUT2D eigenvalue weighted by Gasteiger charge is 2.16. The van der Waals surface area contributed by atoms with E-state index in [0.717, 1.165) is 13.1 Å². The van der Waals surface area contributed by atoms with E-state index in [4.69, 9.17) is 0 Å². The minimum atomic E-state index is 0.649. The molecule has 2 heterocycles. The van der Waals surface area contributed by atoms with Crippen LogP contribution in [0.2, 0.25) is 0 Å². The summed E-state index contributed by atoms with van der Waals surface area (Å²) < 4.78 is 0. The molecule has 58 valence electrons. The van der Waals surface area contributed by atoms with Gasteiger partial charge in [0.15, 0.2) is 0 Å². The maximum absolute atomic E-state index is 4.32. The van der Waals surface area contributed by atoms with Gasteiger partial charge in [0, 0.05) is 24.4 Å². The van der Waals surface area contributed by atoms with Gasteiger partial charge in [-0.25, -0.2) is 0 Å². The Bertz CT molecular complexity index is 214.